The fourth-order valence-electron chi connectivity index (χ4n) is 2.07. The summed E-state index contributed by atoms with van der Waals surface area (Å²) in [6.45, 7) is 4.88. The van der Waals surface area contributed by atoms with E-state index in [4.69, 9.17) is 5.11 Å². The summed E-state index contributed by atoms with van der Waals surface area (Å²) in [5, 5.41) is 12.1. The average Bonchev–Trinajstić information content (AvgIpc) is 2.78. The quantitative estimate of drug-likeness (QED) is 0.622. The summed E-state index contributed by atoms with van der Waals surface area (Å²) in [6.07, 6.45) is 6.56. The molecule has 0 bridgehead atoms. The van der Waals surface area contributed by atoms with Crippen molar-refractivity contribution in [3.05, 3.63) is 12.7 Å². The topological polar surface area (TPSA) is 52.6 Å². The fourth-order valence-corrected chi connectivity index (χ4v) is 2.07. The van der Waals surface area contributed by atoms with Gasteiger partial charge in [-0.15, -0.1) is 6.58 Å². The molecule has 0 aliphatic heterocycles. The van der Waals surface area contributed by atoms with E-state index >= 15 is 0 Å². The number of rotatable bonds is 7. The van der Waals surface area contributed by atoms with Gasteiger partial charge in [-0.3, -0.25) is 4.79 Å². The van der Waals surface area contributed by atoms with Crippen LogP contribution in [0.25, 0.3) is 0 Å². The average molecular weight is 226 g/mol. The third-order valence-electron chi connectivity index (χ3n) is 2.97. The number of hydrogen-bond donors (Lipinski definition) is 2. The summed E-state index contributed by atoms with van der Waals surface area (Å²) >= 11 is 0. The number of hydrogen-bond acceptors (Lipinski definition) is 3. The Bertz CT molecular complexity index is 225. The highest BCUT2D eigenvalue weighted by Crippen LogP contribution is 2.17. The van der Waals surface area contributed by atoms with Gasteiger partial charge in [0.2, 0.25) is 5.91 Å². The second-order valence-electron chi connectivity index (χ2n) is 4.21. The molecule has 0 aromatic rings. The number of aliphatic hydroxyl groups excluding tert-OH is 1. The van der Waals surface area contributed by atoms with Gasteiger partial charge < -0.3 is 15.3 Å². The van der Waals surface area contributed by atoms with Gasteiger partial charge in [0.15, 0.2) is 0 Å². The highest BCUT2D eigenvalue weighted by atomic mass is 16.3. The van der Waals surface area contributed by atoms with Crippen LogP contribution < -0.4 is 5.32 Å². The van der Waals surface area contributed by atoms with Gasteiger partial charge in [0.1, 0.15) is 0 Å². The number of aliphatic hydroxyl groups is 1. The standard InChI is InChI=1S/C12H22N2O2/c1-2-7-14(8-9-15)12(16)10-13-11-5-3-4-6-11/h2,11,13,15H,1,3-10H2. The van der Waals surface area contributed by atoms with E-state index in [-0.39, 0.29) is 12.5 Å². The van der Waals surface area contributed by atoms with Crippen LogP contribution in [0.3, 0.4) is 0 Å². The van der Waals surface area contributed by atoms with E-state index in [9.17, 15) is 4.79 Å². The van der Waals surface area contributed by atoms with Gasteiger partial charge in [0, 0.05) is 19.1 Å². The molecule has 1 amide bonds. The van der Waals surface area contributed by atoms with Crippen molar-refractivity contribution in [2.75, 3.05) is 26.2 Å². The van der Waals surface area contributed by atoms with E-state index in [1.165, 1.54) is 25.7 Å². The van der Waals surface area contributed by atoms with Crippen molar-refractivity contribution in [2.45, 2.75) is 31.7 Å². The normalized spacial score (nSPS) is 16.3. The Morgan fingerprint density at radius 1 is 1.50 bits per heavy atom. The molecule has 0 radical (unpaired) electrons. The molecule has 0 atom stereocenters. The predicted octanol–water partition coefficient (Wildman–Crippen LogP) is 0.525. The molecule has 0 aromatic heterocycles. The van der Waals surface area contributed by atoms with Gasteiger partial charge in [-0.25, -0.2) is 0 Å². The van der Waals surface area contributed by atoms with Crippen LogP contribution in [0.2, 0.25) is 0 Å². The van der Waals surface area contributed by atoms with E-state index in [1.807, 2.05) is 0 Å². The molecule has 0 heterocycles. The highest BCUT2D eigenvalue weighted by Gasteiger charge is 2.17. The largest absolute Gasteiger partial charge is 0.395 e. The lowest BCUT2D eigenvalue weighted by atomic mass is 10.2. The lowest BCUT2D eigenvalue weighted by Gasteiger charge is -2.21. The zero-order valence-electron chi connectivity index (χ0n) is 9.82. The Balaban J connectivity index is 2.26. The first-order valence-corrected chi connectivity index (χ1v) is 6.01. The maximum absolute atomic E-state index is 11.8. The Hall–Kier alpha value is -0.870. The minimum atomic E-state index is 0.00298. The lowest BCUT2D eigenvalue weighted by molar-refractivity contribution is -0.130. The fraction of sp³-hybridized carbons (Fsp3) is 0.750. The Morgan fingerprint density at radius 3 is 2.75 bits per heavy atom. The summed E-state index contributed by atoms with van der Waals surface area (Å²) in [7, 11) is 0. The van der Waals surface area contributed by atoms with E-state index in [2.05, 4.69) is 11.9 Å². The maximum Gasteiger partial charge on any atom is 0.236 e. The minimum Gasteiger partial charge on any atom is -0.395 e. The Morgan fingerprint density at radius 2 is 2.19 bits per heavy atom. The lowest BCUT2D eigenvalue weighted by Crippen LogP contribution is -2.42. The van der Waals surface area contributed by atoms with Crippen molar-refractivity contribution >= 4 is 5.91 Å². The molecule has 1 rings (SSSR count). The first-order valence-electron chi connectivity index (χ1n) is 6.01. The van der Waals surface area contributed by atoms with Crippen LogP contribution in [0.4, 0.5) is 0 Å². The van der Waals surface area contributed by atoms with Crippen molar-refractivity contribution in [1.82, 2.24) is 10.2 Å². The van der Waals surface area contributed by atoms with Crippen LogP contribution in [-0.4, -0.2) is 48.2 Å². The number of carbonyl (C=O) groups is 1. The zero-order valence-corrected chi connectivity index (χ0v) is 9.82. The van der Waals surface area contributed by atoms with Gasteiger partial charge in [-0.1, -0.05) is 18.9 Å². The molecule has 92 valence electrons. The van der Waals surface area contributed by atoms with Crippen molar-refractivity contribution in [3.63, 3.8) is 0 Å². The zero-order chi connectivity index (χ0) is 11.8. The molecule has 0 spiro atoms. The van der Waals surface area contributed by atoms with E-state index in [0.717, 1.165) is 0 Å². The van der Waals surface area contributed by atoms with Gasteiger partial charge >= 0.3 is 0 Å². The molecular weight excluding hydrogens is 204 g/mol. The van der Waals surface area contributed by atoms with Crippen molar-refractivity contribution in [3.8, 4) is 0 Å². The van der Waals surface area contributed by atoms with E-state index < -0.39 is 0 Å². The van der Waals surface area contributed by atoms with E-state index in [0.29, 0.717) is 25.7 Å². The molecule has 0 unspecified atom stereocenters. The first-order chi connectivity index (χ1) is 7.77. The molecule has 1 saturated carbocycles. The minimum absolute atomic E-state index is 0.00298. The SMILES string of the molecule is C=CCN(CCO)C(=O)CNC1CCCC1. The third kappa shape index (κ3) is 4.33. The van der Waals surface area contributed by atoms with Crippen molar-refractivity contribution in [2.24, 2.45) is 0 Å². The number of amides is 1. The molecule has 4 heteroatoms. The van der Waals surface area contributed by atoms with Crippen LogP contribution in [0.15, 0.2) is 12.7 Å². The van der Waals surface area contributed by atoms with Gasteiger partial charge in [-0.05, 0) is 12.8 Å². The molecule has 1 aliphatic rings. The monoisotopic (exact) mass is 226 g/mol. The number of nitrogens with zero attached hydrogens (tertiary/aromatic N) is 1. The molecule has 0 aromatic carbocycles. The highest BCUT2D eigenvalue weighted by molar-refractivity contribution is 5.78. The summed E-state index contributed by atoms with van der Waals surface area (Å²) < 4.78 is 0. The number of nitrogens with one attached hydrogen (secondary N) is 1. The van der Waals surface area contributed by atoms with Gasteiger partial charge in [0.25, 0.3) is 0 Å². The van der Waals surface area contributed by atoms with Crippen LogP contribution in [-0.2, 0) is 4.79 Å². The predicted molar refractivity (Wildman–Crippen MR) is 64.1 cm³/mol. The summed E-state index contributed by atoms with van der Waals surface area (Å²) in [5.74, 6) is 0.0425. The molecule has 1 fully saturated rings. The van der Waals surface area contributed by atoms with Gasteiger partial charge in [0.05, 0.1) is 13.2 Å². The smallest absolute Gasteiger partial charge is 0.236 e. The summed E-state index contributed by atoms with van der Waals surface area (Å²) in [5.41, 5.74) is 0. The summed E-state index contributed by atoms with van der Waals surface area (Å²) in [6, 6.07) is 0.503. The Kier molecular flexibility index (Phi) is 6.11. The molecule has 0 saturated heterocycles. The van der Waals surface area contributed by atoms with Crippen LogP contribution in [0.5, 0.6) is 0 Å². The van der Waals surface area contributed by atoms with Gasteiger partial charge in [-0.2, -0.15) is 0 Å². The molecule has 16 heavy (non-hydrogen) atoms. The second kappa shape index (κ2) is 7.41. The van der Waals surface area contributed by atoms with E-state index in [1.54, 1.807) is 11.0 Å². The Labute approximate surface area is 97.3 Å². The number of carbonyl (C=O) groups excluding carboxylic acids is 1. The maximum atomic E-state index is 11.8. The van der Waals surface area contributed by atoms with Crippen LogP contribution >= 0.6 is 0 Å². The molecular formula is C12H22N2O2. The summed E-state index contributed by atoms with van der Waals surface area (Å²) in [4.78, 5) is 13.4. The first kappa shape index (κ1) is 13.2. The van der Waals surface area contributed by atoms with Crippen LogP contribution in [0, 0.1) is 0 Å². The van der Waals surface area contributed by atoms with Crippen molar-refractivity contribution in [1.29, 1.82) is 0 Å². The molecule has 2 N–H and O–H groups in total. The molecule has 4 nitrogen and oxygen atoms in total. The van der Waals surface area contributed by atoms with Crippen molar-refractivity contribution < 1.29 is 9.90 Å². The van der Waals surface area contributed by atoms with Crippen LogP contribution in [0.1, 0.15) is 25.7 Å². The third-order valence-corrected chi connectivity index (χ3v) is 2.97. The molecule has 1 aliphatic carbocycles. The second-order valence-corrected chi connectivity index (χ2v) is 4.21.